The normalized spacial score (nSPS) is 28.9. The number of ether oxygens (including phenoxy) is 3. The molecule has 27 heavy (non-hydrogen) atoms. The van der Waals surface area contributed by atoms with Gasteiger partial charge in [0.1, 0.15) is 11.7 Å². The maximum absolute atomic E-state index is 12.3. The van der Waals surface area contributed by atoms with Crippen LogP contribution < -0.4 is 0 Å². The maximum atomic E-state index is 12.3. The molecule has 0 spiro atoms. The Morgan fingerprint density at radius 2 is 1.74 bits per heavy atom. The Bertz CT molecular complexity index is 510. The monoisotopic (exact) mass is 402 g/mol. The summed E-state index contributed by atoms with van der Waals surface area (Å²) in [5.41, 5.74) is -1.09. The lowest BCUT2D eigenvalue weighted by Crippen LogP contribution is -2.63. The number of esters is 1. The molecule has 0 aromatic heterocycles. The smallest absolute Gasteiger partial charge is 0.311 e. The van der Waals surface area contributed by atoms with Gasteiger partial charge in [-0.3, -0.25) is 4.79 Å². The fourth-order valence-corrected chi connectivity index (χ4v) is 7.18. The summed E-state index contributed by atoms with van der Waals surface area (Å²) in [5.74, 6) is -1.97. The summed E-state index contributed by atoms with van der Waals surface area (Å²) in [4.78, 5) is 24.4. The van der Waals surface area contributed by atoms with Crippen LogP contribution in [0.4, 0.5) is 0 Å². The fourth-order valence-electron chi connectivity index (χ4n) is 4.15. The standard InChI is InChI=1S/C20H38O6Si/c1-10-27(11-2,12-3)26-20(8,13-21)17-14(4)16(15(5)18(22)23-9)24-19(6,7)25-17/h13-17H,10-12H2,1-9H3/t14-,15+,16-,17+,20+/m0/s1. The molecule has 0 saturated carbocycles. The first-order valence-corrected chi connectivity index (χ1v) is 12.6. The molecule has 1 fully saturated rings. The van der Waals surface area contributed by atoms with Gasteiger partial charge in [0.05, 0.1) is 19.1 Å². The molecule has 1 heterocycles. The first-order chi connectivity index (χ1) is 12.4. The molecule has 1 aliphatic heterocycles. The summed E-state index contributed by atoms with van der Waals surface area (Å²) in [6, 6.07) is 2.81. The Labute approximate surface area is 165 Å². The van der Waals surface area contributed by atoms with Crippen LogP contribution in [0.5, 0.6) is 0 Å². The zero-order valence-corrected chi connectivity index (χ0v) is 19.5. The molecule has 7 heteroatoms. The third-order valence-electron chi connectivity index (χ3n) is 6.06. The SMILES string of the molecule is CC[Si](CC)(CC)O[C@](C)(C=O)[C@@H]1OC(C)(C)O[C@H]([C@@H](C)C(=O)OC)[C@@H]1C. The van der Waals surface area contributed by atoms with Crippen LogP contribution in [0.3, 0.4) is 0 Å². The van der Waals surface area contributed by atoms with E-state index in [0.29, 0.717) is 0 Å². The molecule has 0 unspecified atom stereocenters. The summed E-state index contributed by atoms with van der Waals surface area (Å²) < 4.78 is 23.8. The van der Waals surface area contributed by atoms with E-state index in [1.165, 1.54) is 7.11 Å². The number of carbonyl (C=O) groups is 2. The molecule has 6 nitrogen and oxygen atoms in total. The molecule has 0 aromatic rings. The van der Waals surface area contributed by atoms with Crippen molar-refractivity contribution in [3.8, 4) is 0 Å². The number of rotatable bonds is 9. The van der Waals surface area contributed by atoms with Gasteiger partial charge in [-0.2, -0.15) is 0 Å². The van der Waals surface area contributed by atoms with E-state index in [0.717, 1.165) is 24.4 Å². The molecule has 0 radical (unpaired) electrons. The van der Waals surface area contributed by atoms with E-state index in [1.807, 2.05) is 13.8 Å². The van der Waals surface area contributed by atoms with Crippen molar-refractivity contribution in [2.45, 2.75) is 97.1 Å². The molecule has 158 valence electrons. The van der Waals surface area contributed by atoms with Gasteiger partial charge in [0.15, 0.2) is 20.4 Å². The third-order valence-corrected chi connectivity index (χ3v) is 10.8. The van der Waals surface area contributed by atoms with Crippen LogP contribution >= 0.6 is 0 Å². The van der Waals surface area contributed by atoms with Gasteiger partial charge in [0.25, 0.3) is 0 Å². The van der Waals surface area contributed by atoms with Crippen molar-refractivity contribution in [3.05, 3.63) is 0 Å². The number of hydrogen-bond donors (Lipinski definition) is 0. The second-order valence-corrected chi connectivity index (χ2v) is 13.0. The molecule has 1 saturated heterocycles. The second-order valence-electron chi connectivity index (χ2n) is 8.34. The molecule has 0 aromatic carbocycles. The van der Waals surface area contributed by atoms with E-state index in [2.05, 4.69) is 20.8 Å². The summed E-state index contributed by atoms with van der Waals surface area (Å²) in [6.07, 6.45) is -0.0829. The first kappa shape index (κ1) is 24.3. The third kappa shape index (κ3) is 5.19. The van der Waals surface area contributed by atoms with E-state index < -0.39 is 37.8 Å². The van der Waals surface area contributed by atoms with Gasteiger partial charge < -0.3 is 23.4 Å². The van der Waals surface area contributed by atoms with Crippen LogP contribution in [0.2, 0.25) is 18.1 Å². The number of carbonyl (C=O) groups excluding carboxylic acids is 2. The van der Waals surface area contributed by atoms with E-state index in [-0.39, 0.29) is 11.9 Å². The minimum Gasteiger partial charge on any atom is -0.469 e. The molecule has 0 N–H and O–H groups in total. The van der Waals surface area contributed by atoms with Crippen LogP contribution in [0.1, 0.15) is 55.4 Å². The Morgan fingerprint density at radius 1 is 1.22 bits per heavy atom. The summed E-state index contributed by atoms with van der Waals surface area (Å²) in [5, 5.41) is 0. The number of hydrogen-bond acceptors (Lipinski definition) is 6. The van der Waals surface area contributed by atoms with Crippen LogP contribution in [-0.2, 0) is 28.2 Å². The van der Waals surface area contributed by atoms with E-state index in [4.69, 9.17) is 18.6 Å². The molecule has 0 bridgehead atoms. The lowest BCUT2D eigenvalue weighted by Gasteiger charge is -2.52. The predicted molar refractivity (Wildman–Crippen MR) is 107 cm³/mol. The van der Waals surface area contributed by atoms with Crippen molar-refractivity contribution < 1.29 is 28.2 Å². The molecule has 0 aliphatic carbocycles. The highest BCUT2D eigenvalue weighted by Crippen LogP contribution is 2.41. The fraction of sp³-hybridized carbons (Fsp3) is 0.900. The topological polar surface area (TPSA) is 71.1 Å². The predicted octanol–water partition coefficient (Wildman–Crippen LogP) is 3.93. The highest BCUT2D eigenvalue weighted by Gasteiger charge is 2.54. The van der Waals surface area contributed by atoms with Crippen LogP contribution in [-0.4, -0.2) is 51.3 Å². The highest BCUT2D eigenvalue weighted by molar-refractivity contribution is 6.73. The van der Waals surface area contributed by atoms with Crippen molar-refractivity contribution in [3.63, 3.8) is 0 Å². The quantitative estimate of drug-likeness (QED) is 0.331. The highest BCUT2D eigenvalue weighted by atomic mass is 28.4. The van der Waals surface area contributed by atoms with Gasteiger partial charge in [-0.25, -0.2) is 0 Å². The minimum absolute atomic E-state index is 0.223. The molecule has 1 aliphatic rings. The average Bonchev–Trinajstić information content (AvgIpc) is 2.66. The van der Waals surface area contributed by atoms with Crippen LogP contribution in [0, 0.1) is 11.8 Å². The van der Waals surface area contributed by atoms with E-state index in [1.54, 1.807) is 20.8 Å². The van der Waals surface area contributed by atoms with Gasteiger partial charge in [-0.05, 0) is 45.8 Å². The summed E-state index contributed by atoms with van der Waals surface area (Å²) in [7, 11) is -0.686. The van der Waals surface area contributed by atoms with Crippen molar-refractivity contribution in [2.24, 2.45) is 11.8 Å². The molecule has 5 atom stereocenters. The number of aldehydes is 1. The first-order valence-electron chi connectivity index (χ1n) is 10.0. The Balaban J connectivity index is 3.28. The molecular formula is C20H38O6Si. The van der Waals surface area contributed by atoms with Crippen molar-refractivity contribution in [1.29, 1.82) is 0 Å². The average molecular weight is 403 g/mol. The Hall–Kier alpha value is -0.763. The van der Waals surface area contributed by atoms with Crippen molar-refractivity contribution >= 4 is 20.6 Å². The Morgan fingerprint density at radius 3 is 2.15 bits per heavy atom. The number of methoxy groups -OCH3 is 1. The Kier molecular flexibility index (Phi) is 8.23. The van der Waals surface area contributed by atoms with Crippen molar-refractivity contribution in [1.82, 2.24) is 0 Å². The second kappa shape index (κ2) is 9.16. The molecular weight excluding hydrogens is 364 g/mol. The zero-order valence-electron chi connectivity index (χ0n) is 18.5. The van der Waals surface area contributed by atoms with Gasteiger partial charge in [-0.1, -0.05) is 27.7 Å². The lowest BCUT2D eigenvalue weighted by molar-refractivity contribution is -0.342. The molecule has 1 rings (SSSR count). The summed E-state index contributed by atoms with van der Waals surface area (Å²) >= 11 is 0. The van der Waals surface area contributed by atoms with Gasteiger partial charge >= 0.3 is 5.97 Å². The summed E-state index contributed by atoms with van der Waals surface area (Å²) in [6.45, 7) is 15.5. The zero-order chi connectivity index (χ0) is 21.0. The largest absolute Gasteiger partial charge is 0.469 e. The van der Waals surface area contributed by atoms with Gasteiger partial charge in [0.2, 0.25) is 0 Å². The van der Waals surface area contributed by atoms with Gasteiger partial charge in [-0.15, -0.1) is 0 Å². The van der Waals surface area contributed by atoms with E-state index in [9.17, 15) is 9.59 Å². The van der Waals surface area contributed by atoms with Crippen LogP contribution in [0.15, 0.2) is 0 Å². The maximum Gasteiger partial charge on any atom is 0.311 e. The van der Waals surface area contributed by atoms with E-state index >= 15 is 0 Å². The van der Waals surface area contributed by atoms with Crippen LogP contribution in [0.25, 0.3) is 0 Å². The van der Waals surface area contributed by atoms with Gasteiger partial charge in [0, 0.05) is 5.92 Å². The minimum atomic E-state index is -2.06. The molecule has 0 amide bonds. The lowest BCUT2D eigenvalue weighted by atomic mass is 9.81. The van der Waals surface area contributed by atoms with Crippen molar-refractivity contribution in [2.75, 3.05) is 7.11 Å².